The number of amides is 1. The average Bonchev–Trinajstić information content (AvgIpc) is 3.18. The molecule has 0 N–H and O–H groups in total. The molecule has 1 aliphatic rings. The second-order valence-corrected chi connectivity index (χ2v) is 6.61. The topological polar surface area (TPSA) is 41.4 Å². The molecule has 0 saturated heterocycles. The van der Waals surface area contributed by atoms with Gasteiger partial charge in [0.05, 0.1) is 11.3 Å². The first-order chi connectivity index (χ1) is 11.2. The van der Waals surface area contributed by atoms with Crippen molar-refractivity contribution in [1.29, 1.82) is 0 Å². The van der Waals surface area contributed by atoms with Gasteiger partial charge in [0.15, 0.2) is 0 Å². The Balaban J connectivity index is 1.71. The Morgan fingerprint density at radius 2 is 2.13 bits per heavy atom. The molecule has 0 fully saturated rings. The van der Waals surface area contributed by atoms with Gasteiger partial charge in [-0.2, -0.15) is 11.3 Å². The Labute approximate surface area is 141 Å². The summed E-state index contributed by atoms with van der Waals surface area (Å²) in [7, 11) is 0. The Bertz CT molecular complexity index is 646. The van der Waals surface area contributed by atoms with Gasteiger partial charge in [-0.25, -0.2) is 4.98 Å². The molecule has 6 heteroatoms. The predicted molar refractivity (Wildman–Crippen MR) is 92.8 cm³/mol. The van der Waals surface area contributed by atoms with Crippen LogP contribution in [0.15, 0.2) is 23.0 Å². The SMILES string of the molecule is CCN(CC)Cc1cnc2n1CCN(C(=O)c1ccsc1)CC2. The number of hydrogen-bond acceptors (Lipinski definition) is 4. The summed E-state index contributed by atoms with van der Waals surface area (Å²) < 4.78 is 2.30. The minimum Gasteiger partial charge on any atom is -0.336 e. The molecule has 3 rings (SSSR count). The molecule has 5 nitrogen and oxygen atoms in total. The molecule has 0 unspecified atom stereocenters. The van der Waals surface area contributed by atoms with Crippen LogP contribution in [0.3, 0.4) is 0 Å². The molecule has 0 atom stereocenters. The molecule has 1 amide bonds. The van der Waals surface area contributed by atoms with E-state index in [-0.39, 0.29) is 5.91 Å². The van der Waals surface area contributed by atoms with Gasteiger partial charge in [-0.05, 0) is 24.5 Å². The van der Waals surface area contributed by atoms with Crippen LogP contribution in [-0.2, 0) is 19.5 Å². The van der Waals surface area contributed by atoms with Crippen molar-refractivity contribution in [2.75, 3.05) is 26.2 Å². The van der Waals surface area contributed by atoms with Gasteiger partial charge in [0, 0.05) is 44.2 Å². The maximum atomic E-state index is 12.5. The summed E-state index contributed by atoms with van der Waals surface area (Å²) >= 11 is 1.57. The number of fused-ring (bicyclic) bond motifs is 1. The highest BCUT2D eigenvalue weighted by atomic mass is 32.1. The molecule has 0 spiro atoms. The molecule has 0 radical (unpaired) electrons. The van der Waals surface area contributed by atoms with E-state index in [4.69, 9.17) is 0 Å². The molecule has 0 saturated carbocycles. The molecule has 2 aromatic rings. The summed E-state index contributed by atoms with van der Waals surface area (Å²) in [6, 6.07) is 1.90. The predicted octanol–water partition coefficient (Wildman–Crippen LogP) is 2.48. The van der Waals surface area contributed by atoms with Crippen molar-refractivity contribution < 1.29 is 4.79 Å². The van der Waals surface area contributed by atoms with Crippen LogP contribution in [0.25, 0.3) is 0 Å². The lowest BCUT2D eigenvalue weighted by molar-refractivity contribution is 0.0759. The molecule has 0 aliphatic carbocycles. The van der Waals surface area contributed by atoms with Crippen molar-refractivity contribution in [1.82, 2.24) is 19.4 Å². The minimum absolute atomic E-state index is 0.141. The lowest BCUT2D eigenvalue weighted by Gasteiger charge is -2.21. The van der Waals surface area contributed by atoms with Crippen LogP contribution in [0, 0.1) is 0 Å². The van der Waals surface area contributed by atoms with E-state index in [0.29, 0.717) is 0 Å². The van der Waals surface area contributed by atoms with E-state index in [1.54, 1.807) is 11.3 Å². The van der Waals surface area contributed by atoms with E-state index in [1.807, 2.05) is 27.9 Å². The maximum Gasteiger partial charge on any atom is 0.254 e. The molecule has 0 aromatic carbocycles. The van der Waals surface area contributed by atoms with Crippen LogP contribution >= 0.6 is 11.3 Å². The zero-order valence-electron chi connectivity index (χ0n) is 13.9. The van der Waals surface area contributed by atoms with Gasteiger partial charge in [-0.15, -0.1) is 0 Å². The Hall–Kier alpha value is -1.66. The van der Waals surface area contributed by atoms with Crippen molar-refractivity contribution >= 4 is 17.2 Å². The zero-order chi connectivity index (χ0) is 16.2. The Morgan fingerprint density at radius 1 is 1.30 bits per heavy atom. The van der Waals surface area contributed by atoms with E-state index in [9.17, 15) is 4.79 Å². The van der Waals surface area contributed by atoms with Crippen LogP contribution in [-0.4, -0.2) is 51.4 Å². The summed E-state index contributed by atoms with van der Waals surface area (Å²) in [6.45, 7) is 9.72. The third-order valence-corrected chi connectivity index (χ3v) is 5.24. The highest BCUT2D eigenvalue weighted by Gasteiger charge is 2.22. The fourth-order valence-electron chi connectivity index (χ4n) is 3.07. The first kappa shape index (κ1) is 16.2. The fraction of sp³-hybridized carbons (Fsp3) is 0.529. The van der Waals surface area contributed by atoms with Crippen LogP contribution < -0.4 is 0 Å². The zero-order valence-corrected chi connectivity index (χ0v) is 14.7. The normalized spacial score (nSPS) is 14.8. The summed E-state index contributed by atoms with van der Waals surface area (Å²) in [5.41, 5.74) is 2.06. The van der Waals surface area contributed by atoms with Crippen molar-refractivity contribution in [3.8, 4) is 0 Å². The van der Waals surface area contributed by atoms with Crippen molar-refractivity contribution in [2.45, 2.75) is 33.4 Å². The van der Waals surface area contributed by atoms with Crippen LogP contribution in [0.2, 0.25) is 0 Å². The quantitative estimate of drug-likeness (QED) is 0.845. The third kappa shape index (κ3) is 3.48. The molecule has 0 bridgehead atoms. The van der Waals surface area contributed by atoms with Gasteiger partial charge >= 0.3 is 0 Å². The van der Waals surface area contributed by atoms with Gasteiger partial charge in [-0.1, -0.05) is 13.8 Å². The summed E-state index contributed by atoms with van der Waals surface area (Å²) in [5, 5.41) is 3.88. The van der Waals surface area contributed by atoms with Crippen molar-refractivity contribution in [2.24, 2.45) is 0 Å². The minimum atomic E-state index is 0.141. The third-order valence-electron chi connectivity index (χ3n) is 4.56. The highest BCUT2D eigenvalue weighted by molar-refractivity contribution is 7.08. The van der Waals surface area contributed by atoms with Gasteiger partial charge in [0.25, 0.3) is 5.91 Å². The van der Waals surface area contributed by atoms with Crippen molar-refractivity contribution in [3.05, 3.63) is 40.1 Å². The smallest absolute Gasteiger partial charge is 0.254 e. The standard InChI is InChI=1S/C17H24N4OS/c1-3-19(4-2)12-15-11-18-16-5-7-20(8-9-21(15)16)17(22)14-6-10-23-13-14/h6,10-11,13H,3-5,7-9,12H2,1-2H3. The summed E-state index contributed by atoms with van der Waals surface area (Å²) in [4.78, 5) is 21.5. The largest absolute Gasteiger partial charge is 0.336 e. The molecule has 2 aromatic heterocycles. The summed E-state index contributed by atoms with van der Waals surface area (Å²) in [5.74, 6) is 1.25. The number of hydrogen-bond donors (Lipinski definition) is 0. The lowest BCUT2D eigenvalue weighted by Crippen LogP contribution is -2.33. The maximum absolute atomic E-state index is 12.5. The number of thiophene rings is 1. The number of imidazole rings is 1. The first-order valence-corrected chi connectivity index (χ1v) is 9.24. The molecule has 124 valence electrons. The van der Waals surface area contributed by atoms with Gasteiger partial charge in [-0.3, -0.25) is 9.69 Å². The number of carbonyl (C=O) groups excluding carboxylic acids is 1. The number of carbonyl (C=O) groups is 1. The van der Waals surface area contributed by atoms with Gasteiger partial charge < -0.3 is 9.47 Å². The van der Waals surface area contributed by atoms with E-state index in [1.165, 1.54) is 5.69 Å². The van der Waals surface area contributed by atoms with Crippen LogP contribution in [0.4, 0.5) is 0 Å². The molecular formula is C17H24N4OS. The lowest BCUT2D eigenvalue weighted by atomic mass is 10.2. The number of nitrogens with zero attached hydrogens (tertiary/aromatic N) is 4. The first-order valence-electron chi connectivity index (χ1n) is 8.30. The second kappa shape index (κ2) is 7.27. The van der Waals surface area contributed by atoms with E-state index in [0.717, 1.165) is 57.1 Å². The fourth-order valence-corrected chi connectivity index (χ4v) is 3.70. The molecular weight excluding hydrogens is 308 g/mol. The molecule has 1 aliphatic heterocycles. The number of rotatable bonds is 5. The molecule has 23 heavy (non-hydrogen) atoms. The summed E-state index contributed by atoms with van der Waals surface area (Å²) in [6.07, 6.45) is 2.83. The average molecular weight is 332 g/mol. The van der Waals surface area contributed by atoms with E-state index < -0.39 is 0 Å². The number of aromatic nitrogens is 2. The van der Waals surface area contributed by atoms with Gasteiger partial charge in [0.1, 0.15) is 5.82 Å². The Kier molecular flexibility index (Phi) is 5.13. The van der Waals surface area contributed by atoms with E-state index in [2.05, 4.69) is 28.3 Å². The van der Waals surface area contributed by atoms with Crippen LogP contribution in [0.1, 0.15) is 35.7 Å². The van der Waals surface area contributed by atoms with Crippen LogP contribution in [0.5, 0.6) is 0 Å². The van der Waals surface area contributed by atoms with Crippen molar-refractivity contribution in [3.63, 3.8) is 0 Å². The molecule has 3 heterocycles. The monoisotopic (exact) mass is 332 g/mol. The second-order valence-electron chi connectivity index (χ2n) is 5.83. The van der Waals surface area contributed by atoms with E-state index >= 15 is 0 Å². The Morgan fingerprint density at radius 3 is 2.83 bits per heavy atom. The van der Waals surface area contributed by atoms with Gasteiger partial charge in [0.2, 0.25) is 0 Å². The highest BCUT2D eigenvalue weighted by Crippen LogP contribution is 2.16.